The zero-order valence-electron chi connectivity index (χ0n) is 14.4. The standard InChI is InChI=1S/C17H15BrF3NO5S/c1-26-15-6-5-11(7-14(15)18)10-27-16(23)9-22-28(24,25)13-4-2-3-12(8-13)17(19,20)21/h2-8,22H,9-10H2,1H3. The lowest BCUT2D eigenvalue weighted by Crippen LogP contribution is -2.30. The lowest BCUT2D eigenvalue weighted by atomic mass is 10.2. The Balaban J connectivity index is 1.95. The molecule has 2 rings (SSSR count). The molecule has 2 aromatic carbocycles. The summed E-state index contributed by atoms with van der Waals surface area (Å²) in [5.74, 6) is -0.300. The molecule has 0 heterocycles. The quantitative estimate of drug-likeness (QED) is 0.612. The van der Waals surface area contributed by atoms with E-state index in [2.05, 4.69) is 15.9 Å². The second-order valence-electron chi connectivity index (χ2n) is 5.48. The number of alkyl halides is 3. The molecule has 0 aromatic heterocycles. The molecular formula is C17H15BrF3NO5S. The van der Waals surface area contributed by atoms with Crippen LogP contribution in [-0.2, 0) is 32.3 Å². The molecule has 0 spiro atoms. The first-order valence-electron chi connectivity index (χ1n) is 7.68. The maximum Gasteiger partial charge on any atom is 0.416 e. The molecule has 0 aliphatic rings. The van der Waals surface area contributed by atoms with Crippen molar-refractivity contribution in [3.63, 3.8) is 0 Å². The highest BCUT2D eigenvalue weighted by Gasteiger charge is 2.31. The van der Waals surface area contributed by atoms with Gasteiger partial charge in [0.1, 0.15) is 18.9 Å². The molecule has 0 saturated carbocycles. The maximum absolute atomic E-state index is 12.7. The molecule has 0 bridgehead atoms. The number of methoxy groups -OCH3 is 1. The molecule has 0 radical (unpaired) electrons. The van der Waals surface area contributed by atoms with Gasteiger partial charge in [-0.25, -0.2) is 8.42 Å². The van der Waals surface area contributed by atoms with E-state index >= 15 is 0 Å². The Bertz CT molecular complexity index is 964. The van der Waals surface area contributed by atoms with Crippen LogP contribution in [-0.4, -0.2) is 28.0 Å². The molecule has 11 heteroatoms. The third-order valence-electron chi connectivity index (χ3n) is 3.49. The summed E-state index contributed by atoms with van der Waals surface area (Å²) in [5.41, 5.74) is -0.482. The fourth-order valence-electron chi connectivity index (χ4n) is 2.09. The summed E-state index contributed by atoms with van der Waals surface area (Å²) in [5, 5.41) is 0. The van der Waals surface area contributed by atoms with Crippen LogP contribution in [0, 0.1) is 0 Å². The van der Waals surface area contributed by atoms with E-state index in [-0.39, 0.29) is 6.61 Å². The van der Waals surface area contributed by atoms with E-state index in [1.54, 1.807) is 18.2 Å². The van der Waals surface area contributed by atoms with Crippen molar-refractivity contribution < 1.29 is 35.9 Å². The third-order valence-corrected chi connectivity index (χ3v) is 5.51. The highest BCUT2D eigenvalue weighted by atomic mass is 79.9. The van der Waals surface area contributed by atoms with Gasteiger partial charge in [0.25, 0.3) is 0 Å². The number of carbonyl (C=O) groups is 1. The van der Waals surface area contributed by atoms with Crippen LogP contribution in [0.25, 0.3) is 0 Å². The number of sulfonamides is 1. The van der Waals surface area contributed by atoms with Crippen LogP contribution in [0.5, 0.6) is 5.75 Å². The van der Waals surface area contributed by atoms with Gasteiger partial charge in [0.2, 0.25) is 10.0 Å². The number of carbonyl (C=O) groups excluding carboxylic acids is 1. The molecule has 0 saturated heterocycles. The minimum Gasteiger partial charge on any atom is -0.496 e. The maximum atomic E-state index is 12.7. The monoisotopic (exact) mass is 481 g/mol. The SMILES string of the molecule is COc1ccc(COC(=O)CNS(=O)(=O)c2cccc(C(F)(F)F)c2)cc1Br. The van der Waals surface area contributed by atoms with E-state index in [4.69, 9.17) is 9.47 Å². The molecule has 0 aliphatic heterocycles. The summed E-state index contributed by atoms with van der Waals surface area (Å²) in [6.45, 7) is -0.845. The minimum absolute atomic E-state index is 0.118. The Morgan fingerprint density at radius 3 is 2.50 bits per heavy atom. The van der Waals surface area contributed by atoms with Crippen LogP contribution >= 0.6 is 15.9 Å². The molecule has 6 nitrogen and oxygen atoms in total. The second kappa shape index (κ2) is 8.93. The predicted molar refractivity (Wildman–Crippen MR) is 97.1 cm³/mol. The molecule has 0 aliphatic carbocycles. The van der Waals surface area contributed by atoms with Crippen LogP contribution in [0.4, 0.5) is 13.2 Å². The van der Waals surface area contributed by atoms with Gasteiger partial charge >= 0.3 is 12.1 Å². The number of hydrogen-bond donors (Lipinski definition) is 1. The van der Waals surface area contributed by atoms with E-state index in [1.807, 2.05) is 4.72 Å². The van der Waals surface area contributed by atoms with Crippen molar-refractivity contribution in [3.8, 4) is 5.75 Å². The van der Waals surface area contributed by atoms with Crippen LogP contribution in [0.1, 0.15) is 11.1 Å². The van der Waals surface area contributed by atoms with Gasteiger partial charge in [-0.3, -0.25) is 4.79 Å². The topological polar surface area (TPSA) is 81.7 Å². The number of nitrogens with one attached hydrogen (secondary N) is 1. The predicted octanol–water partition coefficient (Wildman–Crippen LogP) is 3.50. The largest absolute Gasteiger partial charge is 0.496 e. The van der Waals surface area contributed by atoms with Gasteiger partial charge in [-0.2, -0.15) is 17.9 Å². The van der Waals surface area contributed by atoms with Crippen molar-refractivity contribution >= 4 is 31.9 Å². The molecule has 2 aromatic rings. The highest BCUT2D eigenvalue weighted by Crippen LogP contribution is 2.30. The minimum atomic E-state index is -4.68. The fraction of sp³-hybridized carbons (Fsp3) is 0.235. The Hall–Kier alpha value is -2.11. The lowest BCUT2D eigenvalue weighted by Gasteiger charge is -2.11. The second-order valence-corrected chi connectivity index (χ2v) is 8.10. The van der Waals surface area contributed by atoms with Crippen molar-refractivity contribution in [2.45, 2.75) is 17.7 Å². The van der Waals surface area contributed by atoms with E-state index in [9.17, 15) is 26.4 Å². The van der Waals surface area contributed by atoms with Gasteiger partial charge in [-0.15, -0.1) is 0 Å². The average molecular weight is 482 g/mol. The van der Waals surface area contributed by atoms with E-state index in [1.165, 1.54) is 7.11 Å². The van der Waals surface area contributed by atoms with Crippen molar-refractivity contribution in [2.24, 2.45) is 0 Å². The molecular weight excluding hydrogens is 467 g/mol. The number of esters is 1. The van der Waals surface area contributed by atoms with Gasteiger partial charge in [0, 0.05) is 0 Å². The Kier molecular flexibility index (Phi) is 7.07. The Morgan fingerprint density at radius 2 is 1.89 bits per heavy atom. The number of benzene rings is 2. The Labute approximate surface area is 167 Å². The van der Waals surface area contributed by atoms with E-state index in [0.717, 1.165) is 18.2 Å². The lowest BCUT2D eigenvalue weighted by molar-refractivity contribution is -0.143. The fourth-order valence-corrected chi connectivity index (χ4v) is 3.69. The zero-order valence-corrected chi connectivity index (χ0v) is 16.8. The van der Waals surface area contributed by atoms with Crippen LogP contribution < -0.4 is 9.46 Å². The first-order chi connectivity index (χ1) is 13.0. The number of rotatable bonds is 7. The van der Waals surface area contributed by atoms with Gasteiger partial charge in [-0.05, 0) is 51.8 Å². The first-order valence-corrected chi connectivity index (χ1v) is 9.95. The van der Waals surface area contributed by atoms with Crippen LogP contribution in [0.15, 0.2) is 51.8 Å². The van der Waals surface area contributed by atoms with Gasteiger partial charge in [0.05, 0.1) is 22.0 Å². The molecule has 1 N–H and O–H groups in total. The summed E-state index contributed by atoms with van der Waals surface area (Å²) in [6.07, 6.45) is -4.68. The summed E-state index contributed by atoms with van der Waals surface area (Å²) < 4.78 is 74.9. The molecule has 152 valence electrons. The summed E-state index contributed by atoms with van der Waals surface area (Å²) >= 11 is 3.28. The van der Waals surface area contributed by atoms with Gasteiger partial charge < -0.3 is 9.47 Å². The van der Waals surface area contributed by atoms with Crippen molar-refractivity contribution in [2.75, 3.05) is 13.7 Å². The molecule has 0 unspecified atom stereocenters. The number of ether oxygens (including phenoxy) is 2. The summed E-state index contributed by atoms with van der Waals surface area (Å²) in [4.78, 5) is 11.2. The average Bonchev–Trinajstić information content (AvgIpc) is 2.64. The van der Waals surface area contributed by atoms with E-state index < -0.39 is 39.2 Å². The highest BCUT2D eigenvalue weighted by molar-refractivity contribution is 9.10. The third kappa shape index (κ3) is 5.94. The summed E-state index contributed by atoms with van der Waals surface area (Å²) in [7, 11) is -2.82. The van der Waals surface area contributed by atoms with Crippen molar-refractivity contribution in [1.82, 2.24) is 4.72 Å². The smallest absolute Gasteiger partial charge is 0.416 e. The van der Waals surface area contributed by atoms with Crippen molar-refractivity contribution in [3.05, 3.63) is 58.1 Å². The van der Waals surface area contributed by atoms with Crippen molar-refractivity contribution in [1.29, 1.82) is 0 Å². The molecule has 0 atom stereocenters. The normalized spacial score (nSPS) is 11.9. The summed E-state index contributed by atoms with van der Waals surface area (Å²) in [6, 6.07) is 8.18. The van der Waals surface area contributed by atoms with Gasteiger partial charge in [0.15, 0.2) is 0 Å². The van der Waals surface area contributed by atoms with Crippen LogP contribution in [0.3, 0.4) is 0 Å². The first kappa shape index (κ1) is 22.2. The van der Waals surface area contributed by atoms with E-state index in [0.29, 0.717) is 21.9 Å². The zero-order chi connectivity index (χ0) is 20.9. The Morgan fingerprint density at radius 1 is 1.18 bits per heavy atom. The molecule has 0 amide bonds. The number of hydrogen-bond acceptors (Lipinski definition) is 5. The molecule has 28 heavy (non-hydrogen) atoms. The van der Waals surface area contributed by atoms with Gasteiger partial charge in [-0.1, -0.05) is 12.1 Å². The van der Waals surface area contributed by atoms with Crippen LogP contribution in [0.2, 0.25) is 0 Å². The number of halogens is 4. The molecule has 0 fully saturated rings.